The van der Waals surface area contributed by atoms with E-state index in [1.54, 1.807) is 12.1 Å². The van der Waals surface area contributed by atoms with Crippen LogP contribution in [0, 0.1) is 5.92 Å². The molecule has 0 spiro atoms. The number of carbonyl (C=O) groups is 2. The lowest BCUT2D eigenvalue weighted by atomic mass is 9.88. The van der Waals surface area contributed by atoms with E-state index >= 15 is 0 Å². The minimum Gasteiger partial charge on any atom is -0.459 e. The maximum atomic E-state index is 12.7. The van der Waals surface area contributed by atoms with Crippen molar-refractivity contribution in [2.24, 2.45) is 5.92 Å². The molecule has 0 aliphatic heterocycles. The Labute approximate surface area is 172 Å². The van der Waals surface area contributed by atoms with Crippen LogP contribution in [0.1, 0.15) is 58.3 Å². The number of halogens is 2. The zero-order valence-corrected chi connectivity index (χ0v) is 17.7. The van der Waals surface area contributed by atoms with Crippen molar-refractivity contribution in [3.05, 3.63) is 49.8 Å². The van der Waals surface area contributed by atoms with Crippen molar-refractivity contribution in [2.45, 2.75) is 46.1 Å². The van der Waals surface area contributed by atoms with Crippen molar-refractivity contribution in [3.8, 4) is 0 Å². The summed E-state index contributed by atoms with van der Waals surface area (Å²) in [4.78, 5) is 26.5. The molecular weight excluding hydrogens is 405 g/mol. The Morgan fingerprint density at radius 2 is 2.00 bits per heavy atom. The summed E-state index contributed by atoms with van der Waals surface area (Å²) in [6.07, 6.45) is 2.52. The summed E-state index contributed by atoms with van der Waals surface area (Å²) in [7, 11) is 0. The number of benzene rings is 1. The number of amides is 1. The molecular formula is C20H21Cl2NO3S. The van der Waals surface area contributed by atoms with Crippen LogP contribution < -0.4 is 5.32 Å². The molecule has 1 aliphatic rings. The molecule has 7 heteroatoms. The van der Waals surface area contributed by atoms with Gasteiger partial charge in [-0.2, -0.15) is 0 Å². The van der Waals surface area contributed by atoms with Crippen LogP contribution in [-0.4, -0.2) is 18.0 Å². The number of anilines is 1. The predicted octanol–water partition coefficient (Wildman–Crippen LogP) is 6.00. The molecule has 1 atom stereocenters. The highest BCUT2D eigenvalue weighted by Gasteiger charge is 2.29. The van der Waals surface area contributed by atoms with Crippen molar-refractivity contribution in [1.82, 2.24) is 0 Å². The number of hydrogen-bond donors (Lipinski definition) is 1. The van der Waals surface area contributed by atoms with Crippen LogP contribution in [0.25, 0.3) is 0 Å². The lowest BCUT2D eigenvalue weighted by Crippen LogP contribution is -2.18. The van der Waals surface area contributed by atoms with Crippen LogP contribution in [0.3, 0.4) is 0 Å². The highest BCUT2D eigenvalue weighted by atomic mass is 35.5. The van der Waals surface area contributed by atoms with Gasteiger partial charge in [0.15, 0.2) is 0 Å². The van der Waals surface area contributed by atoms with Crippen LogP contribution in [0.4, 0.5) is 5.00 Å². The molecule has 0 bridgehead atoms. The fraction of sp³-hybridized carbons (Fsp3) is 0.400. The molecule has 144 valence electrons. The Morgan fingerprint density at radius 1 is 1.26 bits per heavy atom. The number of fused-ring (bicyclic) bond motifs is 1. The fourth-order valence-corrected chi connectivity index (χ4v) is 4.83. The van der Waals surface area contributed by atoms with E-state index in [0.29, 0.717) is 32.1 Å². The summed E-state index contributed by atoms with van der Waals surface area (Å²) in [5.74, 6) is -0.163. The Morgan fingerprint density at radius 3 is 2.67 bits per heavy atom. The number of nitrogens with one attached hydrogen (secondary N) is 1. The van der Waals surface area contributed by atoms with Gasteiger partial charge in [0.25, 0.3) is 5.91 Å². The van der Waals surface area contributed by atoms with Gasteiger partial charge in [0.1, 0.15) is 5.00 Å². The first kappa shape index (κ1) is 20.2. The van der Waals surface area contributed by atoms with E-state index in [1.807, 2.05) is 13.8 Å². The molecule has 0 fully saturated rings. The van der Waals surface area contributed by atoms with Gasteiger partial charge in [0.2, 0.25) is 0 Å². The van der Waals surface area contributed by atoms with Crippen molar-refractivity contribution < 1.29 is 14.3 Å². The summed E-state index contributed by atoms with van der Waals surface area (Å²) in [5, 5.41) is 4.11. The van der Waals surface area contributed by atoms with Crippen molar-refractivity contribution in [1.29, 1.82) is 0 Å². The Hall–Kier alpha value is -1.56. The molecule has 1 aromatic carbocycles. The van der Waals surface area contributed by atoms with Gasteiger partial charge in [-0.25, -0.2) is 4.79 Å². The maximum absolute atomic E-state index is 12.7. The van der Waals surface area contributed by atoms with E-state index < -0.39 is 0 Å². The molecule has 0 unspecified atom stereocenters. The van der Waals surface area contributed by atoms with Crippen LogP contribution in [0.2, 0.25) is 10.0 Å². The SMILES string of the molecule is CC(C)OC(=O)c1c(NC(=O)c2ccc(Cl)c(Cl)c2)sc2c1CC[C@@H](C)C2. The molecule has 1 N–H and O–H groups in total. The second-order valence-electron chi connectivity index (χ2n) is 7.09. The van der Waals surface area contributed by atoms with Crippen LogP contribution in [0.15, 0.2) is 18.2 Å². The average Bonchev–Trinajstić information content (AvgIpc) is 2.93. The van der Waals surface area contributed by atoms with Gasteiger partial charge >= 0.3 is 5.97 Å². The molecule has 1 aliphatic carbocycles. The largest absolute Gasteiger partial charge is 0.459 e. The number of hydrogen-bond acceptors (Lipinski definition) is 4. The van der Waals surface area contributed by atoms with E-state index in [4.69, 9.17) is 27.9 Å². The van der Waals surface area contributed by atoms with E-state index in [9.17, 15) is 9.59 Å². The van der Waals surface area contributed by atoms with Gasteiger partial charge in [-0.1, -0.05) is 30.1 Å². The number of rotatable bonds is 4. The normalized spacial score (nSPS) is 16.1. The third-order valence-electron chi connectivity index (χ3n) is 4.47. The number of thiophene rings is 1. The minimum absolute atomic E-state index is 0.228. The number of ether oxygens (including phenoxy) is 1. The van der Waals surface area contributed by atoms with Crippen LogP contribution in [0.5, 0.6) is 0 Å². The molecule has 1 amide bonds. The summed E-state index contributed by atoms with van der Waals surface area (Å²) < 4.78 is 5.43. The minimum atomic E-state index is -0.388. The summed E-state index contributed by atoms with van der Waals surface area (Å²) in [6, 6.07) is 4.69. The first-order valence-electron chi connectivity index (χ1n) is 8.88. The van der Waals surface area contributed by atoms with E-state index in [2.05, 4.69) is 12.2 Å². The monoisotopic (exact) mass is 425 g/mol. The highest BCUT2D eigenvalue weighted by molar-refractivity contribution is 7.17. The zero-order valence-electron chi connectivity index (χ0n) is 15.4. The molecule has 2 aromatic rings. The quantitative estimate of drug-likeness (QED) is 0.611. The van der Waals surface area contributed by atoms with Gasteiger partial charge < -0.3 is 10.1 Å². The Bertz CT molecular complexity index is 892. The fourth-order valence-electron chi connectivity index (χ4n) is 3.14. The van der Waals surface area contributed by atoms with Crippen LogP contribution >= 0.6 is 34.5 Å². The first-order chi connectivity index (χ1) is 12.8. The van der Waals surface area contributed by atoms with Gasteiger partial charge in [-0.15, -0.1) is 11.3 Å². The van der Waals surface area contributed by atoms with Crippen molar-refractivity contribution in [3.63, 3.8) is 0 Å². The molecule has 0 radical (unpaired) electrons. The third-order valence-corrected chi connectivity index (χ3v) is 6.38. The number of carbonyl (C=O) groups excluding carboxylic acids is 2. The van der Waals surface area contributed by atoms with E-state index in [0.717, 1.165) is 29.7 Å². The van der Waals surface area contributed by atoms with Crippen molar-refractivity contribution >= 4 is 51.4 Å². The predicted molar refractivity (Wildman–Crippen MR) is 110 cm³/mol. The summed E-state index contributed by atoms with van der Waals surface area (Å²) in [6.45, 7) is 5.82. The Balaban J connectivity index is 1.95. The Kier molecular flexibility index (Phi) is 6.14. The molecule has 1 aromatic heterocycles. The molecule has 1 heterocycles. The number of esters is 1. The second-order valence-corrected chi connectivity index (χ2v) is 9.01. The summed E-state index contributed by atoms with van der Waals surface area (Å²) in [5.41, 5.74) is 1.88. The third kappa shape index (κ3) is 4.48. The first-order valence-corrected chi connectivity index (χ1v) is 10.5. The van der Waals surface area contributed by atoms with Gasteiger partial charge in [-0.05, 0) is 62.8 Å². The molecule has 0 saturated heterocycles. The molecule has 0 saturated carbocycles. The zero-order chi connectivity index (χ0) is 19.7. The lowest BCUT2D eigenvalue weighted by molar-refractivity contribution is 0.0378. The topological polar surface area (TPSA) is 55.4 Å². The van der Waals surface area contributed by atoms with Gasteiger partial charge in [-0.3, -0.25) is 4.79 Å². The van der Waals surface area contributed by atoms with E-state index in [-0.39, 0.29) is 18.0 Å². The summed E-state index contributed by atoms with van der Waals surface area (Å²) >= 11 is 13.4. The average molecular weight is 426 g/mol. The lowest BCUT2D eigenvalue weighted by Gasteiger charge is -2.18. The van der Waals surface area contributed by atoms with Gasteiger partial charge in [0.05, 0.1) is 21.7 Å². The van der Waals surface area contributed by atoms with Gasteiger partial charge in [0, 0.05) is 10.4 Å². The van der Waals surface area contributed by atoms with Crippen LogP contribution in [-0.2, 0) is 17.6 Å². The standard InChI is InChI=1S/C20H21Cl2NO3S/c1-10(2)26-20(25)17-13-6-4-11(3)8-16(13)27-19(17)23-18(24)12-5-7-14(21)15(22)9-12/h5,7,9-11H,4,6,8H2,1-3H3,(H,23,24)/t11-/m1/s1. The second kappa shape index (κ2) is 8.21. The smallest absolute Gasteiger partial charge is 0.341 e. The van der Waals surface area contributed by atoms with E-state index in [1.165, 1.54) is 17.4 Å². The molecule has 27 heavy (non-hydrogen) atoms. The molecule has 3 rings (SSSR count). The highest BCUT2D eigenvalue weighted by Crippen LogP contribution is 2.40. The molecule has 4 nitrogen and oxygen atoms in total. The van der Waals surface area contributed by atoms with Crippen molar-refractivity contribution in [2.75, 3.05) is 5.32 Å². The maximum Gasteiger partial charge on any atom is 0.341 e.